The number of likely N-dealkylation sites (N-methyl/N-ethyl adjacent to an activating group) is 1. The Morgan fingerprint density at radius 1 is 1.10 bits per heavy atom. The second-order valence-corrected chi connectivity index (χ2v) is 7.00. The highest BCUT2D eigenvalue weighted by Crippen LogP contribution is 2.35. The van der Waals surface area contributed by atoms with Gasteiger partial charge in [0.25, 0.3) is 5.91 Å². The van der Waals surface area contributed by atoms with Gasteiger partial charge in [0.15, 0.2) is 5.17 Å². The van der Waals surface area contributed by atoms with E-state index in [1.165, 1.54) is 35.2 Å². The highest BCUT2D eigenvalue weighted by molar-refractivity contribution is 8.18. The van der Waals surface area contributed by atoms with Crippen molar-refractivity contribution in [3.8, 4) is 5.75 Å². The Morgan fingerprint density at radius 2 is 1.79 bits per heavy atom. The van der Waals surface area contributed by atoms with Gasteiger partial charge in [-0.1, -0.05) is 12.1 Å². The molecular weight excluding hydrogens is 396 g/mol. The Kier molecular flexibility index (Phi) is 5.69. The molecule has 2 aromatic rings. The summed E-state index contributed by atoms with van der Waals surface area (Å²) in [5.74, 6) is -2.93. The van der Waals surface area contributed by atoms with Crippen LogP contribution in [0.25, 0.3) is 6.08 Å². The maximum Gasteiger partial charge on any atom is 0.339 e. The normalized spacial score (nSPS) is 16.6. The number of phenols is 1. The number of amides is 1. The number of nitrogens with zero attached hydrogens (tertiary/aromatic N) is 2. The lowest BCUT2D eigenvalue weighted by atomic mass is 10.1. The fraction of sp³-hybridized carbons (Fsp3) is 0.100. The van der Waals surface area contributed by atoms with E-state index in [-0.39, 0.29) is 17.0 Å². The number of carbonyl (C=O) groups is 3. The molecule has 3 N–H and O–H groups in total. The lowest BCUT2D eigenvalue weighted by Crippen LogP contribution is -2.28. The van der Waals surface area contributed by atoms with Crippen molar-refractivity contribution in [2.45, 2.75) is 6.92 Å². The number of carbonyl (C=O) groups excluding carboxylic acids is 1. The summed E-state index contributed by atoms with van der Waals surface area (Å²) in [5.41, 5.74) is 0.904. The molecule has 3 rings (SSSR count). The number of rotatable bonds is 5. The number of aromatic hydroxyl groups is 1. The molecule has 1 fully saturated rings. The average molecular weight is 412 g/mol. The summed E-state index contributed by atoms with van der Waals surface area (Å²) in [6.07, 6.45) is 1.65. The summed E-state index contributed by atoms with van der Waals surface area (Å²) < 4.78 is 0. The van der Waals surface area contributed by atoms with Gasteiger partial charge in [-0.15, -0.1) is 0 Å². The van der Waals surface area contributed by atoms with Crippen LogP contribution in [0.2, 0.25) is 0 Å². The van der Waals surface area contributed by atoms with Crippen molar-refractivity contribution < 1.29 is 29.7 Å². The van der Waals surface area contributed by atoms with Crippen molar-refractivity contribution in [3.63, 3.8) is 0 Å². The minimum absolute atomic E-state index is 0.152. The van der Waals surface area contributed by atoms with Crippen LogP contribution in [-0.4, -0.2) is 49.8 Å². The van der Waals surface area contributed by atoms with Crippen LogP contribution in [0.1, 0.15) is 33.2 Å². The Morgan fingerprint density at radius 3 is 2.34 bits per heavy atom. The van der Waals surface area contributed by atoms with Crippen LogP contribution in [0.3, 0.4) is 0 Å². The number of thioether (sulfide) groups is 1. The van der Waals surface area contributed by atoms with Crippen LogP contribution in [0.15, 0.2) is 52.4 Å². The van der Waals surface area contributed by atoms with E-state index in [4.69, 9.17) is 10.2 Å². The number of aromatic carboxylic acids is 2. The Balaban J connectivity index is 1.90. The van der Waals surface area contributed by atoms with E-state index in [1.54, 1.807) is 25.1 Å². The summed E-state index contributed by atoms with van der Waals surface area (Å²) in [6, 6.07) is 10.0. The van der Waals surface area contributed by atoms with Gasteiger partial charge in [0.1, 0.15) is 11.3 Å². The summed E-state index contributed by atoms with van der Waals surface area (Å²) in [5, 5.41) is 28.2. The van der Waals surface area contributed by atoms with Crippen molar-refractivity contribution in [1.29, 1.82) is 0 Å². The Bertz CT molecular complexity index is 1060. The molecule has 1 aliphatic heterocycles. The number of amidine groups is 1. The van der Waals surface area contributed by atoms with E-state index >= 15 is 0 Å². The van der Waals surface area contributed by atoms with Crippen LogP contribution >= 0.6 is 11.8 Å². The van der Waals surface area contributed by atoms with Gasteiger partial charge in [-0.25, -0.2) is 14.6 Å². The van der Waals surface area contributed by atoms with Crippen LogP contribution in [0, 0.1) is 0 Å². The molecule has 0 unspecified atom stereocenters. The molecule has 0 radical (unpaired) electrons. The van der Waals surface area contributed by atoms with Gasteiger partial charge < -0.3 is 15.3 Å². The summed E-state index contributed by atoms with van der Waals surface area (Å²) in [6.45, 7) is 2.17. The molecule has 2 aromatic carbocycles. The molecule has 29 heavy (non-hydrogen) atoms. The van der Waals surface area contributed by atoms with E-state index in [9.17, 15) is 19.5 Å². The molecular formula is C20H16N2O6S. The summed E-state index contributed by atoms with van der Waals surface area (Å²) in [7, 11) is 0. The first kappa shape index (κ1) is 20.2. The number of hydrogen-bond donors (Lipinski definition) is 3. The maximum atomic E-state index is 12.7. The molecule has 148 valence electrons. The first-order valence-electron chi connectivity index (χ1n) is 8.50. The van der Waals surface area contributed by atoms with Gasteiger partial charge in [0, 0.05) is 12.6 Å². The van der Waals surface area contributed by atoms with E-state index in [2.05, 4.69) is 4.99 Å². The predicted molar refractivity (Wildman–Crippen MR) is 109 cm³/mol. The number of carboxylic acids is 2. The number of aliphatic imine (C=N–C) groups is 1. The molecule has 0 spiro atoms. The van der Waals surface area contributed by atoms with Gasteiger partial charge >= 0.3 is 11.9 Å². The van der Waals surface area contributed by atoms with Crippen molar-refractivity contribution in [3.05, 3.63) is 64.1 Å². The molecule has 0 aliphatic carbocycles. The van der Waals surface area contributed by atoms with Gasteiger partial charge in [0.05, 0.1) is 16.2 Å². The fourth-order valence-electron chi connectivity index (χ4n) is 2.62. The summed E-state index contributed by atoms with van der Waals surface area (Å²) >= 11 is 1.14. The van der Waals surface area contributed by atoms with Crippen molar-refractivity contribution >= 4 is 46.5 Å². The SMILES string of the molecule is CCN1C(=O)/C(=C/c2ccc(C(=O)O)cc2)SC1=Nc1ccc(C(=O)O)c(O)c1. The third-order valence-corrected chi connectivity index (χ3v) is 5.10. The standard InChI is InChI=1S/C20H16N2O6S/c1-2-22-17(24)16(9-11-3-5-12(6-4-11)18(25)26)29-20(22)21-13-7-8-14(19(27)28)15(23)10-13/h3-10,23H,2H2,1H3,(H,25,26)(H,27,28)/b16-9-,21-20?. The minimum atomic E-state index is -1.25. The van der Waals surface area contributed by atoms with Crippen LogP contribution < -0.4 is 0 Å². The molecule has 0 atom stereocenters. The van der Waals surface area contributed by atoms with Crippen molar-refractivity contribution in [2.75, 3.05) is 6.54 Å². The van der Waals surface area contributed by atoms with Gasteiger partial charge in [-0.05, 0) is 54.6 Å². The second-order valence-electron chi connectivity index (χ2n) is 5.99. The molecule has 0 bridgehead atoms. The zero-order valence-corrected chi connectivity index (χ0v) is 16.0. The topological polar surface area (TPSA) is 128 Å². The Hall–Kier alpha value is -3.59. The highest BCUT2D eigenvalue weighted by atomic mass is 32.2. The van der Waals surface area contributed by atoms with E-state index in [0.29, 0.717) is 27.9 Å². The van der Waals surface area contributed by atoms with Crippen molar-refractivity contribution in [1.82, 2.24) is 4.90 Å². The minimum Gasteiger partial charge on any atom is -0.507 e. The van der Waals surface area contributed by atoms with Crippen molar-refractivity contribution in [2.24, 2.45) is 4.99 Å². The maximum absolute atomic E-state index is 12.7. The van der Waals surface area contributed by atoms with E-state index in [1.807, 2.05) is 0 Å². The first-order valence-corrected chi connectivity index (χ1v) is 9.31. The summed E-state index contributed by atoms with van der Waals surface area (Å²) in [4.78, 5) is 40.8. The molecule has 1 amide bonds. The number of carboxylic acid groups (broad SMARTS) is 2. The highest BCUT2D eigenvalue weighted by Gasteiger charge is 2.32. The third-order valence-electron chi connectivity index (χ3n) is 4.10. The quantitative estimate of drug-likeness (QED) is 0.642. The molecule has 9 heteroatoms. The fourth-order valence-corrected chi connectivity index (χ4v) is 3.69. The van der Waals surface area contributed by atoms with Gasteiger partial charge in [-0.3, -0.25) is 9.69 Å². The smallest absolute Gasteiger partial charge is 0.339 e. The van der Waals surface area contributed by atoms with Gasteiger partial charge in [0.2, 0.25) is 0 Å². The van der Waals surface area contributed by atoms with Crippen LogP contribution in [-0.2, 0) is 4.79 Å². The predicted octanol–water partition coefficient (Wildman–Crippen LogP) is 3.41. The molecule has 1 heterocycles. The number of benzene rings is 2. The molecule has 0 aromatic heterocycles. The largest absolute Gasteiger partial charge is 0.507 e. The molecule has 1 aliphatic rings. The lowest BCUT2D eigenvalue weighted by molar-refractivity contribution is -0.122. The van der Waals surface area contributed by atoms with E-state index < -0.39 is 17.7 Å². The molecule has 8 nitrogen and oxygen atoms in total. The van der Waals surface area contributed by atoms with Gasteiger partial charge in [-0.2, -0.15) is 0 Å². The molecule has 0 saturated carbocycles. The van der Waals surface area contributed by atoms with E-state index in [0.717, 1.165) is 11.8 Å². The third kappa shape index (κ3) is 4.30. The van der Waals surface area contributed by atoms with Crippen LogP contribution in [0.4, 0.5) is 5.69 Å². The molecule has 1 saturated heterocycles. The lowest BCUT2D eigenvalue weighted by Gasteiger charge is -2.12. The number of hydrogen-bond acceptors (Lipinski definition) is 6. The first-order chi connectivity index (χ1) is 13.8. The second kappa shape index (κ2) is 8.19. The Labute approximate surface area is 169 Å². The average Bonchev–Trinajstić information content (AvgIpc) is 2.96. The zero-order valence-electron chi connectivity index (χ0n) is 15.2. The zero-order chi connectivity index (χ0) is 21.1. The monoisotopic (exact) mass is 412 g/mol. The van der Waals surface area contributed by atoms with Crippen LogP contribution in [0.5, 0.6) is 5.75 Å².